The Kier molecular flexibility index (Phi) is 10.8. The molecule has 0 saturated heterocycles. The maximum Gasteiger partial charge on any atom is 0.0713 e. The summed E-state index contributed by atoms with van der Waals surface area (Å²) in [6, 6.07) is 109. The monoisotopic (exact) mass is 915 g/mol. The fourth-order valence-electron chi connectivity index (χ4n) is 11.5. The van der Waals surface area contributed by atoms with Crippen LogP contribution in [0.4, 0.5) is 17.1 Å². The highest BCUT2D eigenvalue weighted by molar-refractivity contribution is 5.97. The van der Waals surface area contributed by atoms with Crippen molar-refractivity contribution in [3.8, 4) is 66.8 Å². The summed E-state index contributed by atoms with van der Waals surface area (Å²) in [4.78, 5) is 2.43. The van der Waals surface area contributed by atoms with E-state index in [0.717, 1.165) is 22.6 Å². The summed E-state index contributed by atoms with van der Waals surface area (Å²) in [6.45, 7) is 0. The quantitative estimate of drug-likeness (QED) is 0.132. The van der Waals surface area contributed by atoms with Crippen LogP contribution >= 0.6 is 0 Å². The zero-order valence-electron chi connectivity index (χ0n) is 39.7. The second-order valence-electron chi connectivity index (χ2n) is 18.8. The molecular weight excluding hydrogens is 867 g/mol. The van der Waals surface area contributed by atoms with Crippen LogP contribution in [0.5, 0.6) is 0 Å². The zero-order chi connectivity index (χ0) is 47.8. The number of nitrogens with zero attached hydrogens (tertiary/aromatic N) is 1. The maximum atomic E-state index is 2.43. The summed E-state index contributed by atoms with van der Waals surface area (Å²) in [5, 5.41) is 2.50. The van der Waals surface area contributed by atoms with Crippen LogP contribution < -0.4 is 4.90 Å². The van der Waals surface area contributed by atoms with Gasteiger partial charge in [-0.15, -0.1) is 0 Å². The van der Waals surface area contributed by atoms with Gasteiger partial charge in [0.25, 0.3) is 0 Å². The molecule has 338 valence electrons. The third-order valence-electron chi connectivity index (χ3n) is 14.8. The first-order valence-corrected chi connectivity index (χ1v) is 24.9. The van der Waals surface area contributed by atoms with Crippen molar-refractivity contribution in [1.29, 1.82) is 0 Å². The van der Waals surface area contributed by atoms with Crippen molar-refractivity contribution >= 4 is 27.8 Å². The Morgan fingerprint density at radius 1 is 0.236 bits per heavy atom. The molecule has 1 heteroatoms. The van der Waals surface area contributed by atoms with Gasteiger partial charge in [-0.2, -0.15) is 0 Å². The second kappa shape index (κ2) is 18.2. The summed E-state index contributed by atoms with van der Waals surface area (Å²) in [5.74, 6) is 0. The Bertz CT molecular complexity index is 3850. The van der Waals surface area contributed by atoms with Crippen LogP contribution in [-0.4, -0.2) is 0 Å². The molecule has 0 heterocycles. The molecule has 0 saturated carbocycles. The smallest absolute Gasteiger partial charge is 0.0713 e. The molecule has 0 radical (unpaired) electrons. The average Bonchev–Trinajstić information content (AvgIpc) is 3.78. The van der Waals surface area contributed by atoms with E-state index in [-0.39, 0.29) is 0 Å². The molecule has 0 N–H and O–H groups in total. The van der Waals surface area contributed by atoms with Crippen LogP contribution in [0.1, 0.15) is 22.3 Å². The highest BCUT2D eigenvalue weighted by atomic mass is 15.1. The molecule has 0 amide bonds. The minimum Gasteiger partial charge on any atom is -0.310 e. The first kappa shape index (κ1) is 42.8. The van der Waals surface area contributed by atoms with Crippen LogP contribution in [-0.2, 0) is 5.41 Å². The van der Waals surface area contributed by atoms with E-state index in [1.54, 1.807) is 0 Å². The van der Waals surface area contributed by atoms with Crippen LogP contribution in [0.2, 0.25) is 0 Å². The molecule has 0 aliphatic heterocycles. The van der Waals surface area contributed by atoms with Gasteiger partial charge in [-0.1, -0.05) is 255 Å². The molecule has 0 unspecified atom stereocenters. The predicted molar refractivity (Wildman–Crippen MR) is 303 cm³/mol. The normalized spacial score (nSPS) is 12.3. The van der Waals surface area contributed by atoms with Crippen LogP contribution in [0.3, 0.4) is 0 Å². The summed E-state index contributed by atoms with van der Waals surface area (Å²) < 4.78 is 0. The van der Waals surface area contributed by atoms with Gasteiger partial charge in [0, 0.05) is 16.9 Å². The van der Waals surface area contributed by atoms with Gasteiger partial charge in [-0.05, 0) is 137 Å². The van der Waals surface area contributed by atoms with E-state index in [1.807, 2.05) is 0 Å². The molecule has 0 atom stereocenters. The maximum absolute atomic E-state index is 2.43. The van der Waals surface area contributed by atoms with Crippen molar-refractivity contribution in [2.75, 3.05) is 4.90 Å². The standard InChI is InChI=1S/C71H49N/c1-4-21-52(22-5-1)62-30-12-13-31-64(62)65-32-15-17-37-69(65)72(60-44-40-51(41-45-60)55-24-18-25-56(48-55)57-39-38-50-20-10-11-23-54(50)49-57)61-46-42-53(43-47-61)63-34-19-36-68-70(63)66-33-14-16-35-67(66)71(68,58-26-6-2-7-27-58)59-28-8-3-9-29-59/h1-49H. The zero-order valence-corrected chi connectivity index (χ0v) is 39.7. The minimum absolute atomic E-state index is 0.467. The highest BCUT2D eigenvalue weighted by Crippen LogP contribution is 2.58. The van der Waals surface area contributed by atoms with Gasteiger partial charge in [0.2, 0.25) is 0 Å². The van der Waals surface area contributed by atoms with Crippen LogP contribution in [0.15, 0.2) is 297 Å². The van der Waals surface area contributed by atoms with Crippen molar-refractivity contribution in [2.45, 2.75) is 5.41 Å². The largest absolute Gasteiger partial charge is 0.310 e. The third-order valence-corrected chi connectivity index (χ3v) is 14.8. The van der Waals surface area contributed by atoms with Gasteiger partial charge in [0.05, 0.1) is 11.1 Å². The number of anilines is 3. The Morgan fingerprint density at radius 2 is 0.681 bits per heavy atom. The van der Waals surface area contributed by atoms with Crippen molar-refractivity contribution < 1.29 is 0 Å². The number of rotatable bonds is 10. The fourth-order valence-corrected chi connectivity index (χ4v) is 11.5. The lowest BCUT2D eigenvalue weighted by Crippen LogP contribution is -2.28. The van der Waals surface area contributed by atoms with Crippen molar-refractivity contribution in [1.82, 2.24) is 0 Å². The molecular formula is C71H49N. The molecule has 0 bridgehead atoms. The first-order valence-electron chi connectivity index (χ1n) is 24.9. The predicted octanol–water partition coefficient (Wildman–Crippen LogP) is 19.0. The van der Waals surface area contributed by atoms with E-state index in [9.17, 15) is 0 Å². The van der Waals surface area contributed by atoms with Crippen molar-refractivity contribution in [3.05, 3.63) is 320 Å². The van der Waals surface area contributed by atoms with E-state index < -0.39 is 5.41 Å². The van der Waals surface area contributed by atoms with Gasteiger partial charge in [0.15, 0.2) is 0 Å². The number of fused-ring (bicyclic) bond motifs is 4. The molecule has 1 aliphatic carbocycles. The van der Waals surface area contributed by atoms with E-state index in [4.69, 9.17) is 0 Å². The molecule has 0 fully saturated rings. The summed E-state index contributed by atoms with van der Waals surface area (Å²) in [5.41, 5.74) is 22.4. The SMILES string of the molecule is c1ccc(-c2ccccc2-c2ccccc2N(c2ccc(-c3cccc(-c4ccc5ccccc5c4)c3)cc2)c2ccc(-c3cccc4c3-c3ccccc3C4(c3ccccc3)c3ccccc3)cc2)cc1. The molecule has 1 nitrogen and oxygen atoms in total. The number of para-hydroxylation sites is 1. The Labute approximate surface area is 422 Å². The Hall–Kier alpha value is -9.30. The van der Waals surface area contributed by atoms with E-state index >= 15 is 0 Å². The molecule has 0 aromatic heterocycles. The minimum atomic E-state index is -0.467. The number of hydrogen-bond acceptors (Lipinski definition) is 1. The fraction of sp³-hybridized carbons (Fsp3) is 0.0141. The summed E-state index contributed by atoms with van der Waals surface area (Å²) in [7, 11) is 0. The number of hydrogen-bond donors (Lipinski definition) is 0. The molecule has 1 aliphatic rings. The van der Waals surface area contributed by atoms with Gasteiger partial charge < -0.3 is 4.90 Å². The average molecular weight is 916 g/mol. The van der Waals surface area contributed by atoms with Gasteiger partial charge in [-0.3, -0.25) is 0 Å². The van der Waals surface area contributed by atoms with Gasteiger partial charge in [-0.25, -0.2) is 0 Å². The lowest BCUT2D eigenvalue weighted by atomic mass is 9.67. The van der Waals surface area contributed by atoms with Crippen LogP contribution in [0, 0.1) is 0 Å². The highest BCUT2D eigenvalue weighted by Gasteiger charge is 2.46. The van der Waals surface area contributed by atoms with E-state index in [1.165, 1.54) is 94.2 Å². The molecule has 12 aromatic carbocycles. The molecule has 0 spiro atoms. The Balaban J connectivity index is 0.940. The Morgan fingerprint density at radius 3 is 1.38 bits per heavy atom. The van der Waals surface area contributed by atoms with Crippen molar-refractivity contribution in [3.63, 3.8) is 0 Å². The number of benzene rings is 12. The molecule has 12 aromatic rings. The van der Waals surface area contributed by atoms with Crippen molar-refractivity contribution in [2.24, 2.45) is 0 Å². The van der Waals surface area contributed by atoms with E-state index in [0.29, 0.717) is 0 Å². The molecule has 72 heavy (non-hydrogen) atoms. The lowest BCUT2D eigenvalue weighted by molar-refractivity contribution is 0.768. The molecule has 13 rings (SSSR count). The first-order chi connectivity index (χ1) is 35.7. The lowest BCUT2D eigenvalue weighted by Gasteiger charge is -2.34. The third kappa shape index (κ3) is 7.34. The summed E-state index contributed by atoms with van der Waals surface area (Å²) >= 11 is 0. The van der Waals surface area contributed by atoms with Crippen LogP contribution in [0.25, 0.3) is 77.5 Å². The topological polar surface area (TPSA) is 3.24 Å². The summed E-state index contributed by atoms with van der Waals surface area (Å²) in [6.07, 6.45) is 0. The van der Waals surface area contributed by atoms with E-state index in [2.05, 4.69) is 302 Å². The van der Waals surface area contributed by atoms with Gasteiger partial charge >= 0.3 is 0 Å². The second-order valence-corrected chi connectivity index (χ2v) is 18.8. The van der Waals surface area contributed by atoms with Gasteiger partial charge in [0.1, 0.15) is 0 Å².